The monoisotopic (exact) mass is 225 g/mol. The molecular formula is C12H16ClNO. The second-order valence-corrected chi connectivity index (χ2v) is 4.77. The van der Waals surface area contributed by atoms with E-state index in [-0.39, 0.29) is 5.54 Å². The summed E-state index contributed by atoms with van der Waals surface area (Å²) in [5.41, 5.74) is 9.51. The van der Waals surface area contributed by atoms with E-state index >= 15 is 0 Å². The van der Waals surface area contributed by atoms with Gasteiger partial charge >= 0.3 is 0 Å². The van der Waals surface area contributed by atoms with Crippen LogP contribution >= 0.6 is 11.6 Å². The predicted octanol–water partition coefficient (Wildman–Crippen LogP) is 2.91. The van der Waals surface area contributed by atoms with Crippen molar-refractivity contribution in [2.24, 2.45) is 5.73 Å². The van der Waals surface area contributed by atoms with Gasteiger partial charge in [0, 0.05) is 11.1 Å². The van der Waals surface area contributed by atoms with Gasteiger partial charge in [-0.2, -0.15) is 0 Å². The van der Waals surface area contributed by atoms with E-state index in [1.54, 1.807) is 7.11 Å². The Morgan fingerprint density at radius 2 is 2.00 bits per heavy atom. The van der Waals surface area contributed by atoms with Crippen LogP contribution in [-0.4, -0.2) is 7.11 Å². The Bertz CT molecular complexity index is 411. The fraction of sp³-hybridized carbons (Fsp3) is 0.500. The van der Waals surface area contributed by atoms with Gasteiger partial charge < -0.3 is 10.5 Å². The Hall–Kier alpha value is -0.730. The van der Waals surface area contributed by atoms with Gasteiger partial charge in [-0.3, -0.25) is 0 Å². The summed E-state index contributed by atoms with van der Waals surface area (Å²) in [5, 5.41) is 0.660. The lowest BCUT2D eigenvalue weighted by atomic mass is 9.95. The molecule has 0 saturated heterocycles. The minimum Gasteiger partial charge on any atom is -0.495 e. The maximum atomic E-state index is 6.24. The summed E-state index contributed by atoms with van der Waals surface area (Å²) in [7, 11) is 1.64. The molecule has 3 heteroatoms. The summed E-state index contributed by atoms with van der Waals surface area (Å²) in [5.74, 6) is 0.750. The molecule has 1 aliphatic carbocycles. The number of ether oxygens (including phenoxy) is 1. The van der Waals surface area contributed by atoms with Gasteiger partial charge in [0.1, 0.15) is 5.75 Å². The second kappa shape index (κ2) is 3.39. The number of rotatable bonds is 2. The first kappa shape index (κ1) is 10.8. The third kappa shape index (κ3) is 1.62. The lowest BCUT2D eigenvalue weighted by Crippen LogP contribution is -2.21. The summed E-state index contributed by atoms with van der Waals surface area (Å²) in [6.07, 6.45) is 2.04. The van der Waals surface area contributed by atoms with Crippen LogP contribution < -0.4 is 10.5 Å². The lowest BCUT2D eigenvalue weighted by Gasteiger charge is -2.20. The van der Waals surface area contributed by atoms with Crippen LogP contribution in [0.5, 0.6) is 5.75 Å². The molecule has 1 aromatic carbocycles. The number of aryl methyl sites for hydroxylation is 1. The van der Waals surface area contributed by atoms with Gasteiger partial charge in [-0.15, -0.1) is 0 Å². The molecule has 0 atom stereocenters. The van der Waals surface area contributed by atoms with Crippen LogP contribution in [0.3, 0.4) is 0 Å². The zero-order valence-electron chi connectivity index (χ0n) is 9.36. The highest BCUT2D eigenvalue weighted by Crippen LogP contribution is 2.50. The third-order valence-corrected chi connectivity index (χ3v) is 3.53. The zero-order chi connectivity index (χ0) is 11.2. The topological polar surface area (TPSA) is 35.2 Å². The van der Waals surface area contributed by atoms with E-state index in [1.807, 2.05) is 6.07 Å². The van der Waals surface area contributed by atoms with Crippen molar-refractivity contribution in [1.29, 1.82) is 0 Å². The SMILES string of the molecule is COc1c(Cl)cc(C)c(C)c1C1(N)CC1. The molecule has 2 rings (SSSR count). The molecule has 1 aliphatic rings. The summed E-state index contributed by atoms with van der Waals surface area (Å²) in [6, 6.07) is 1.94. The number of nitrogens with two attached hydrogens (primary N) is 1. The maximum Gasteiger partial charge on any atom is 0.142 e. The maximum absolute atomic E-state index is 6.24. The average molecular weight is 226 g/mol. The van der Waals surface area contributed by atoms with Gasteiger partial charge in [0.2, 0.25) is 0 Å². The Morgan fingerprint density at radius 3 is 2.47 bits per heavy atom. The molecule has 1 aromatic rings. The van der Waals surface area contributed by atoms with Crippen LogP contribution in [-0.2, 0) is 5.54 Å². The Kier molecular flexibility index (Phi) is 2.44. The molecule has 0 heterocycles. The van der Waals surface area contributed by atoms with E-state index < -0.39 is 0 Å². The minimum atomic E-state index is -0.203. The van der Waals surface area contributed by atoms with Crippen molar-refractivity contribution < 1.29 is 4.74 Å². The van der Waals surface area contributed by atoms with Crippen LogP contribution in [0, 0.1) is 13.8 Å². The molecular weight excluding hydrogens is 210 g/mol. The lowest BCUT2D eigenvalue weighted by molar-refractivity contribution is 0.404. The molecule has 0 spiro atoms. The highest BCUT2D eigenvalue weighted by Gasteiger charge is 2.44. The van der Waals surface area contributed by atoms with Crippen molar-refractivity contribution >= 4 is 11.6 Å². The van der Waals surface area contributed by atoms with Crippen LogP contribution in [0.25, 0.3) is 0 Å². The molecule has 0 radical (unpaired) electrons. The number of hydrogen-bond donors (Lipinski definition) is 1. The number of methoxy groups -OCH3 is 1. The predicted molar refractivity (Wildman–Crippen MR) is 62.6 cm³/mol. The van der Waals surface area contributed by atoms with E-state index in [2.05, 4.69) is 13.8 Å². The molecule has 0 bridgehead atoms. The molecule has 0 aliphatic heterocycles. The van der Waals surface area contributed by atoms with E-state index in [1.165, 1.54) is 11.1 Å². The fourth-order valence-electron chi connectivity index (χ4n) is 2.03. The first-order valence-electron chi connectivity index (χ1n) is 5.12. The normalized spacial score (nSPS) is 17.7. The van der Waals surface area contributed by atoms with Gasteiger partial charge in [-0.25, -0.2) is 0 Å². The molecule has 2 N–H and O–H groups in total. The molecule has 0 amide bonds. The van der Waals surface area contributed by atoms with Crippen molar-refractivity contribution in [3.8, 4) is 5.75 Å². The van der Waals surface area contributed by atoms with Crippen molar-refractivity contribution in [2.75, 3.05) is 7.11 Å². The summed E-state index contributed by atoms with van der Waals surface area (Å²) in [6.45, 7) is 4.13. The average Bonchev–Trinajstić information content (AvgIpc) is 2.90. The number of benzene rings is 1. The molecule has 1 saturated carbocycles. The molecule has 1 fully saturated rings. The number of hydrogen-bond acceptors (Lipinski definition) is 2. The van der Waals surface area contributed by atoms with Crippen LogP contribution in [0.1, 0.15) is 29.5 Å². The highest BCUT2D eigenvalue weighted by molar-refractivity contribution is 6.32. The highest BCUT2D eigenvalue weighted by atomic mass is 35.5. The van der Waals surface area contributed by atoms with Crippen molar-refractivity contribution in [1.82, 2.24) is 0 Å². The van der Waals surface area contributed by atoms with E-state index in [0.717, 1.165) is 24.2 Å². The zero-order valence-corrected chi connectivity index (χ0v) is 10.1. The fourth-order valence-corrected chi connectivity index (χ4v) is 2.37. The molecule has 2 nitrogen and oxygen atoms in total. The number of halogens is 1. The van der Waals surface area contributed by atoms with Gasteiger partial charge in [0.25, 0.3) is 0 Å². The Morgan fingerprint density at radius 1 is 1.40 bits per heavy atom. The van der Waals surface area contributed by atoms with Gasteiger partial charge in [0.05, 0.1) is 12.1 Å². The van der Waals surface area contributed by atoms with E-state index in [9.17, 15) is 0 Å². The molecule has 82 valence electrons. The molecule has 0 unspecified atom stereocenters. The van der Waals surface area contributed by atoms with Crippen molar-refractivity contribution in [2.45, 2.75) is 32.2 Å². The van der Waals surface area contributed by atoms with Crippen molar-refractivity contribution in [3.63, 3.8) is 0 Å². The first-order chi connectivity index (χ1) is 6.99. The summed E-state index contributed by atoms with van der Waals surface area (Å²) < 4.78 is 5.37. The third-order valence-electron chi connectivity index (χ3n) is 3.24. The van der Waals surface area contributed by atoms with Gasteiger partial charge in [0.15, 0.2) is 0 Å². The van der Waals surface area contributed by atoms with Crippen molar-refractivity contribution in [3.05, 3.63) is 27.8 Å². The van der Waals surface area contributed by atoms with Gasteiger partial charge in [-0.1, -0.05) is 11.6 Å². The second-order valence-electron chi connectivity index (χ2n) is 4.36. The summed E-state index contributed by atoms with van der Waals surface area (Å²) >= 11 is 6.16. The smallest absolute Gasteiger partial charge is 0.142 e. The first-order valence-corrected chi connectivity index (χ1v) is 5.50. The van der Waals surface area contributed by atoms with E-state index in [4.69, 9.17) is 22.1 Å². The van der Waals surface area contributed by atoms with Gasteiger partial charge in [-0.05, 0) is 43.9 Å². The van der Waals surface area contributed by atoms with Crippen LogP contribution in [0.15, 0.2) is 6.07 Å². The van der Waals surface area contributed by atoms with E-state index in [0.29, 0.717) is 5.02 Å². The van der Waals surface area contributed by atoms with Crippen LogP contribution in [0.2, 0.25) is 5.02 Å². The minimum absolute atomic E-state index is 0.203. The molecule has 15 heavy (non-hydrogen) atoms. The Balaban J connectivity index is 2.68. The quantitative estimate of drug-likeness (QED) is 0.840. The summed E-state index contributed by atoms with van der Waals surface area (Å²) in [4.78, 5) is 0. The Labute approximate surface area is 95.4 Å². The van der Waals surface area contributed by atoms with Crippen LogP contribution in [0.4, 0.5) is 0 Å². The largest absolute Gasteiger partial charge is 0.495 e. The standard InChI is InChI=1S/C12H16ClNO/c1-7-6-9(13)11(15-3)10(8(7)2)12(14)4-5-12/h6H,4-5,14H2,1-3H3. The molecule has 0 aromatic heterocycles.